The summed E-state index contributed by atoms with van der Waals surface area (Å²) in [6.45, 7) is 0.523. The average molecular weight is 428 g/mol. The standard InChI is InChI=1S/C19H19Cl2NO4S/c1-26-15-7-5-13(6-8-15)19(23)14-9-11-22(12-10-14)27(24,25)17-4-2-3-16(20)18(17)21/h2-8,14H,9-12H2,1H3. The van der Waals surface area contributed by atoms with Gasteiger partial charge >= 0.3 is 0 Å². The molecule has 0 unspecified atom stereocenters. The van der Waals surface area contributed by atoms with Crippen molar-refractivity contribution in [3.05, 3.63) is 58.1 Å². The number of halogens is 2. The van der Waals surface area contributed by atoms with Crippen molar-refractivity contribution in [3.63, 3.8) is 0 Å². The molecule has 1 fully saturated rings. The lowest BCUT2D eigenvalue weighted by atomic mass is 9.89. The number of hydrogen-bond acceptors (Lipinski definition) is 4. The third-order valence-electron chi connectivity index (χ3n) is 4.73. The molecule has 0 aromatic heterocycles. The maximum Gasteiger partial charge on any atom is 0.244 e. The number of carbonyl (C=O) groups is 1. The van der Waals surface area contributed by atoms with Crippen molar-refractivity contribution in [3.8, 4) is 5.75 Å². The number of rotatable bonds is 5. The van der Waals surface area contributed by atoms with Crippen LogP contribution in [0.15, 0.2) is 47.4 Å². The van der Waals surface area contributed by atoms with Gasteiger partial charge in [0.1, 0.15) is 10.6 Å². The number of hydrogen-bond donors (Lipinski definition) is 0. The summed E-state index contributed by atoms with van der Waals surface area (Å²) >= 11 is 12.0. The first-order valence-electron chi connectivity index (χ1n) is 8.47. The second-order valence-electron chi connectivity index (χ2n) is 6.32. The summed E-state index contributed by atoms with van der Waals surface area (Å²) in [6, 6.07) is 11.5. The largest absolute Gasteiger partial charge is 0.497 e. The number of Topliss-reactive ketones (excluding diaryl/α,β-unsaturated/α-hetero) is 1. The molecular weight excluding hydrogens is 409 g/mol. The predicted molar refractivity (Wildman–Crippen MR) is 105 cm³/mol. The minimum atomic E-state index is -3.75. The van der Waals surface area contributed by atoms with Gasteiger partial charge in [-0.15, -0.1) is 0 Å². The Hall–Kier alpha value is -1.60. The number of ether oxygens (including phenoxy) is 1. The number of benzene rings is 2. The van der Waals surface area contributed by atoms with Gasteiger partial charge in [-0.05, 0) is 49.2 Å². The summed E-state index contributed by atoms with van der Waals surface area (Å²) in [6.07, 6.45) is 0.921. The van der Waals surface area contributed by atoms with Gasteiger partial charge in [-0.1, -0.05) is 29.3 Å². The Bertz CT molecular complexity index is 937. The second-order valence-corrected chi connectivity index (χ2v) is 9.01. The summed E-state index contributed by atoms with van der Waals surface area (Å²) in [5, 5.41) is 0.220. The van der Waals surface area contributed by atoms with Gasteiger partial charge in [0.15, 0.2) is 5.78 Å². The number of carbonyl (C=O) groups excluding carboxylic acids is 1. The third kappa shape index (κ3) is 4.14. The molecule has 3 rings (SSSR count). The Morgan fingerprint density at radius 2 is 1.70 bits per heavy atom. The van der Waals surface area contributed by atoms with Crippen molar-refractivity contribution in [1.82, 2.24) is 4.31 Å². The molecule has 0 N–H and O–H groups in total. The average Bonchev–Trinajstić information content (AvgIpc) is 2.69. The van der Waals surface area contributed by atoms with Crippen LogP contribution >= 0.6 is 23.2 Å². The van der Waals surface area contributed by atoms with Gasteiger partial charge in [-0.2, -0.15) is 4.31 Å². The van der Waals surface area contributed by atoms with Crippen molar-refractivity contribution in [2.24, 2.45) is 5.92 Å². The fourth-order valence-corrected chi connectivity index (χ4v) is 5.38. The van der Waals surface area contributed by atoms with Crippen molar-refractivity contribution >= 4 is 39.0 Å². The molecule has 0 amide bonds. The van der Waals surface area contributed by atoms with E-state index in [4.69, 9.17) is 27.9 Å². The molecule has 2 aromatic rings. The van der Waals surface area contributed by atoms with E-state index in [0.29, 0.717) is 24.2 Å². The molecule has 8 heteroatoms. The van der Waals surface area contributed by atoms with E-state index in [1.54, 1.807) is 43.5 Å². The van der Waals surface area contributed by atoms with Crippen molar-refractivity contribution in [2.45, 2.75) is 17.7 Å². The van der Waals surface area contributed by atoms with E-state index in [0.717, 1.165) is 0 Å². The summed E-state index contributed by atoms with van der Waals surface area (Å²) in [5.41, 5.74) is 0.606. The molecule has 0 radical (unpaired) electrons. The molecule has 0 spiro atoms. The molecule has 0 atom stereocenters. The number of methoxy groups -OCH3 is 1. The van der Waals surface area contributed by atoms with E-state index >= 15 is 0 Å². The van der Waals surface area contributed by atoms with E-state index in [-0.39, 0.29) is 39.7 Å². The highest BCUT2D eigenvalue weighted by atomic mass is 35.5. The topological polar surface area (TPSA) is 63.7 Å². The quantitative estimate of drug-likeness (QED) is 0.667. The zero-order valence-electron chi connectivity index (χ0n) is 14.7. The van der Waals surface area contributed by atoms with Crippen LogP contribution in [0.4, 0.5) is 0 Å². The smallest absolute Gasteiger partial charge is 0.244 e. The Morgan fingerprint density at radius 3 is 2.30 bits per heavy atom. The number of sulfonamides is 1. The van der Waals surface area contributed by atoms with Gasteiger partial charge < -0.3 is 4.74 Å². The van der Waals surface area contributed by atoms with Gasteiger partial charge in [0, 0.05) is 24.6 Å². The zero-order chi connectivity index (χ0) is 19.6. The highest BCUT2D eigenvalue weighted by Gasteiger charge is 2.33. The molecule has 1 aliphatic heterocycles. The first-order valence-corrected chi connectivity index (χ1v) is 10.7. The Kier molecular flexibility index (Phi) is 6.11. The van der Waals surface area contributed by atoms with Crippen LogP contribution in [-0.4, -0.2) is 38.7 Å². The third-order valence-corrected chi connectivity index (χ3v) is 7.61. The van der Waals surface area contributed by atoms with Gasteiger partial charge in [-0.25, -0.2) is 8.42 Å². The van der Waals surface area contributed by atoms with Crippen molar-refractivity contribution in [1.29, 1.82) is 0 Å². The monoisotopic (exact) mass is 427 g/mol. The normalized spacial score (nSPS) is 16.3. The molecule has 2 aromatic carbocycles. The summed E-state index contributed by atoms with van der Waals surface area (Å²) in [5.74, 6) is 0.501. The molecule has 1 heterocycles. The summed E-state index contributed by atoms with van der Waals surface area (Å²) in [7, 11) is -2.18. The molecule has 1 saturated heterocycles. The van der Waals surface area contributed by atoms with Crippen LogP contribution in [0, 0.1) is 5.92 Å². The van der Waals surface area contributed by atoms with E-state index in [1.165, 1.54) is 10.4 Å². The predicted octanol–water partition coefficient (Wildman–Crippen LogP) is 4.29. The molecular formula is C19H19Cl2NO4S. The van der Waals surface area contributed by atoms with Gasteiger partial charge in [0.2, 0.25) is 10.0 Å². The lowest BCUT2D eigenvalue weighted by Crippen LogP contribution is -2.40. The molecule has 0 aliphatic carbocycles. The lowest BCUT2D eigenvalue weighted by molar-refractivity contribution is 0.0875. The number of ketones is 1. The molecule has 0 bridgehead atoms. The fourth-order valence-electron chi connectivity index (χ4n) is 3.17. The van der Waals surface area contributed by atoms with Crippen LogP contribution in [0.25, 0.3) is 0 Å². The number of nitrogens with zero attached hydrogens (tertiary/aromatic N) is 1. The van der Waals surface area contributed by atoms with Crippen LogP contribution in [0.5, 0.6) is 5.75 Å². The maximum atomic E-state index is 12.9. The maximum absolute atomic E-state index is 12.9. The van der Waals surface area contributed by atoms with Crippen LogP contribution in [0.3, 0.4) is 0 Å². The van der Waals surface area contributed by atoms with Crippen LogP contribution in [0.1, 0.15) is 23.2 Å². The molecule has 5 nitrogen and oxygen atoms in total. The SMILES string of the molecule is COc1ccc(C(=O)C2CCN(S(=O)(=O)c3cccc(Cl)c3Cl)CC2)cc1. The molecule has 0 saturated carbocycles. The molecule has 27 heavy (non-hydrogen) atoms. The Balaban J connectivity index is 1.70. The fraction of sp³-hybridized carbons (Fsp3) is 0.316. The van der Waals surface area contributed by atoms with Crippen LogP contribution in [-0.2, 0) is 10.0 Å². The van der Waals surface area contributed by atoms with E-state index in [9.17, 15) is 13.2 Å². The van der Waals surface area contributed by atoms with E-state index in [1.807, 2.05) is 0 Å². The summed E-state index contributed by atoms with van der Waals surface area (Å²) < 4.78 is 32.2. The zero-order valence-corrected chi connectivity index (χ0v) is 17.0. The van der Waals surface area contributed by atoms with Crippen LogP contribution in [0.2, 0.25) is 10.0 Å². The minimum absolute atomic E-state index is 0.00315. The minimum Gasteiger partial charge on any atom is -0.497 e. The second kappa shape index (κ2) is 8.19. The first-order chi connectivity index (χ1) is 12.8. The number of piperidine rings is 1. The highest BCUT2D eigenvalue weighted by molar-refractivity contribution is 7.89. The van der Waals surface area contributed by atoms with Crippen LogP contribution < -0.4 is 4.74 Å². The Morgan fingerprint density at radius 1 is 1.07 bits per heavy atom. The van der Waals surface area contributed by atoms with Gasteiger partial charge in [0.25, 0.3) is 0 Å². The highest BCUT2D eigenvalue weighted by Crippen LogP contribution is 2.33. The van der Waals surface area contributed by atoms with E-state index in [2.05, 4.69) is 0 Å². The first kappa shape index (κ1) is 20.1. The van der Waals surface area contributed by atoms with Gasteiger partial charge in [0.05, 0.1) is 17.2 Å². The Labute approximate surface area is 168 Å². The van der Waals surface area contributed by atoms with Gasteiger partial charge in [-0.3, -0.25) is 4.79 Å². The summed E-state index contributed by atoms with van der Waals surface area (Å²) in [4.78, 5) is 12.7. The van der Waals surface area contributed by atoms with E-state index < -0.39 is 10.0 Å². The molecule has 144 valence electrons. The van der Waals surface area contributed by atoms with Crippen molar-refractivity contribution in [2.75, 3.05) is 20.2 Å². The lowest BCUT2D eigenvalue weighted by Gasteiger charge is -2.30. The van der Waals surface area contributed by atoms with Crippen molar-refractivity contribution < 1.29 is 17.9 Å². The molecule has 1 aliphatic rings.